The standard InChI is InChI=1S/C24H34N2O2/c1-16(2)21(22(27)26(3)15-17-7-5-4-6-8-17)25-23(28)24-12-18-9-19(13-24)11-20(10-18)14-24/h4-8,16,18-21H,9-15H2,1-3H3,(H,25,28)/t18?,19?,20?,21-,24?/m0/s1. The number of carbonyl (C=O) groups is 2. The van der Waals surface area contributed by atoms with E-state index in [4.69, 9.17) is 0 Å². The Morgan fingerprint density at radius 3 is 2.07 bits per heavy atom. The molecule has 0 unspecified atom stereocenters. The second kappa shape index (κ2) is 7.53. The summed E-state index contributed by atoms with van der Waals surface area (Å²) in [5, 5.41) is 3.21. The Balaban J connectivity index is 1.44. The fourth-order valence-electron chi connectivity index (χ4n) is 6.37. The van der Waals surface area contributed by atoms with E-state index in [-0.39, 0.29) is 23.1 Å². The molecule has 0 radical (unpaired) electrons. The van der Waals surface area contributed by atoms with E-state index >= 15 is 0 Å². The van der Waals surface area contributed by atoms with Crippen LogP contribution in [0.3, 0.4) is 0 Å². The number of amides is 2. The van der Waals surface area contributed by atoms with Crippen LogP contribution >= 0.6 is 0 Å². The molecule has 0 saturated heterocycles. The summed E-state index contributed by atoms with van der Waals surface area (Å²) in [6.07, 6.45) is 7.05. The number of likely N-dealkylation sites (N-methyl/N-ethyl adjacent to an activating group) is 1. The molecule has 4 saturated carbocycles. The van der Waals surface area contributed by atoms with Gasteiger partial charge >= 0.3 is 0 Å². The van der Waals surface area contributed by atoms with Crippen molar-refractivity contribution < 1.29 is 9.59 Å². The first-order valence-corrected chi connectivity index (χ1v) is 11.0. The van der Waals surface area contributed by atoms with Crippen LogP contribution in [0.4, 0.5) is 0 Å². The van der Waals surface area contributed by atoms with Gasteiger partial charge in [-0.05, 0) is 67.8 Å². The van der Waals surface area contributed by atoms with Gasteiger partial charge in [0, 0.05) is 19.0 Å². The Hall–Kier alpha value is -1.84. The van der Waals surface area contributed by atoms with Crippen LogP contribution in [-0.2, 0) is 16.1 Å². The highest BCUT2D eigenvalue weighted by Gasteiger charge is 2.55. The van der Waals surface area contributed by atoms with E-state index in [0.29, 0.717) is 6.54 Å². The number of benzene rings is 1. The fraction of sp³-hybridized carbons (Fsp3) is 0.667. The van der Waals surface area contributed by atoms with Gasteiger partial charge < -0.3 is 10.2 Å². The van der Waals surface area contributed by atoms with Gasteiger partial charge in [0.25, 0.3) is 0 Å². The van der Waals surface area contributed by atoms with Crippen LogP contribution in [0.5, 0.6) is 0 Å². The van der Waals surface area contributed by atoms with E-state index in [1.165, 1.54) is 19.3 Å². The highest BCUT2D eigenvalue weighted by Crippen LogP contribution is 2.60. The van der Waals surface area contributed by atoms with E-state index < -0.39 is 6.04 Å². The van der Waals surface area contributed by atoms with Crippen LogP contribution in [0.15, 0.2) is 30.3 Å². The zero-order valence-corrected chi connectivity index (χ0v) is 17.5. The predicted octanol–water partition coefficient (Wildman–Crippen LogP) is 4.00. The van der Waals surface area contributed by atoms with Gasteiger partial charge in [0.05, 0.1) is 0 Å². The van der Waals surface area contributed by atoms with Gasteiger partial charge in [-0.15, -0.1) is 0 Å². The van der Waals surface area contributed by atoms with Crippen molar-refractivity contribution in [2.75, 3.05) is 7.05 Å². The summed E-state index contributed by atoms with van der Waals surface area (Å²) in [7, 11) is 1.83. The molecule has 0 aliphatic heterocycles. The molecular weight excluding hydrogens is 348 g/mol. The molecule has 1 aromatic carbocycles. The normalized spacial score (nSPS) is 31.6. The van der Waals surface area contributed by atoms with Crippen molar-refractivity contribution in [3.63, 3.8) is 0 Å². The van der Waals surface area contributed by atoms with Crippen molar-refractivity contribution in [2.24, 2.45) is 29.1 Å². The van der Waals surface area contributed by atoms with Crippen LogP contribution in [0.25, 0.3) is 0 Å². The van der Waals surface area contributed by atoms with Crippen LogP contribution in [-0.4, -0.2) is 29.8 Å². The first-order chi connectivity index (χ1) is 13.4. The van der Waals surface area contributed by atoms with Gasteiger partial charge in [-0.1, -0.05) is 44.2 Å². The van der Waals surface area contributed by atoms with Crippen LogP contribution in [0.2, 0.25) is 0 Å². The van der Waals surface area contributed by atoms with Crippen molar-refractivity contribution in [3.8, 4) is 0 Å². The van der Waals surface area contributed by atoms with Crippen molar-refractivity contribution in [2.45, 2.75) is 65.0 Å². The average Bonchev–Trinajstić information content (AvgIpc) is 2.64. The summed E-state index contributed by atoms with van der Waals surface area (Å²) >= 11 is 0. The highest BCUT2D eigenvalue weighted by molar-refractivity contribution is 5.90. The molecule has 5 rings (SSSR count). The molecule has 1 N–H and O–H groups in total. The molecule has 4 bridgehead atoms. The van der Waals surface area contributed by atoms with E-state index in [9.17, 15) is 9.59 Å². The summed E-state index contributed by atoms with van der Waals surface area (Å²) in [5.41, 5.74) is 0.897. The quantitative estimate of drug-likeness (QED) is 0.808. The Morgan fingerprint density at radius 1 is 1.04 bits per heavy atom. The number of hydrogen-bond acceptors (Lipinski definition) is 2. The van der Waals surface area contributed by atoms with Gasteiger partial charge in [0.2, 0.25) is 11.8 Å². The number of nitrogens with zero attached hydrogens (tertiary/aromatic N) is 1. The first-order valence-electron chi connectivity index (χ1n) is 11.0. The van der Waals surface area contributed by atoms with Crippen LogP contribution in [0.1, 0.15) is 57.9 Å². The maximum atomic E-state index is 13.4. The third kappa shape index (κ3) is 3.70. The number of carbonyl (C=O) groups excluding carboxylic acids is 2. The monoisotopic (exact) mass is 382 g/mol. The highest BCUT2D eigenvalue weighted by atomic mass is 16.2. The minimum absolute atomic E-state index is 0.0110. The lowest BCUT2D eigenvalue weighted by molar-refractivity contribution is -0.150. The molecule has 4 nitrogen and oxygen atoms in total. The predicted molar refractivity (Wildman–Crippen MR) is 110 cm³/mol. The lowest BCUT2D eigenvalue weighted by Gasteiger charge is -2.56. The molecule has 4 fully saturated rings. The maximum Gasteiger partial charge on any atom is 0.245 e. The molecular formula is C24H34N2O2. The summed E-state index contributed by atoms with van der Waals surface area (Å²) in [5.74, 6) is 2.41. The van der Waals surface area contributed by atoms with E-state index in [1.54, 1.807) is 4.90 Å². The van der Waals surface area contributed by atoms with Gasteiger partial charge in [-0.2, -0.15) is 0 Å². The van der Waals surface area contributed by atoms with Gasteiger partial charge in [0.15, 0.2) is 0 Å². The molecule has 28 heavy (non-hydrogen) atoms. The second-order valence-electron chi connectivity index (χ2n) is 10.1. The smallest absolute Gasteiger partial charge is 0.245 e. The summed E-state index contributed by atoms with van der Waals surface area (Å²) in [4.78, 5) is 28.3. The molecule has 1 aromatic rings. The van der Waals surface area contributed by atoms with Crippen molar-refractivity contribution in [1.29, 1.82) is 0 Å². The fourth-order valence-corrected chi connectivity index (χ4v) is 6.37. The summed E-state index contributed by atoms with van der Waals surface area (Å²) < 4.78 is 0. The molecule has 0 heterocycles. The van der Waals surface area contributed by atoms with Crippen LogP contribution < -0.4 is 5.32 Å². The Kier molecular flexibility index (Phi) is 5.24. The van der Waals surface area contributed by atoms with E-state index in [1.807, 2.05) is 51.2 Å². The van der Waals surface area contributed by atoms with Gasteiger partial charge in [0.1, 0.15) is 6.04 Å². The lowest BCUT2D eigenvalue weighted by atomic mass is 9.49. The summed E-state index contributed by atoms with van der Waals surface area (Å²) in [6.45, 7) is 4.62. The van der Waals surface area contributed by atoms with Crippen molar-refractivity contribution in [1.82, 2.24) is 10.2 Å². The van der Waals surface area contributed by atoms with Crippen molar-refractivity contribution in [3.05, 3.63) is 35.9 Å². The zero-order valence-electron chi connectivity index (χ0n) is 17.5. The van der Waals surface area contributed by atoms with Crippen molar-refractivity contribution >= 4 is 11.8 Å². The Labute approximate surface area is 169 Å². The maximum absolute atomic E-state index is 13.4. The Morgan fingerprint density at radius 2 is 1.57 bits per heavy atom. The number of rotatable bonds is 6. The molecule has 1 atom stereocenters. The molecule has 4 heteroatoms. The van der Waals surface area contributed by atoms with Gasteiger partial charge in [-0.3, -0.25) is 9.59 Å². The topological polar surface area (TPSA) is 49.4 Å². The lowest BCUT2D eigenvalue weighted by Crippen LogP contribution is -2.58. The minimum atomic E-state index is -0.450. The minimum Gasteiger partial charge on any atom is -0.344 e. The molecule has 0 spiro atoms. The molecule has 4 aliphatic rings. The van der Waals surface area contributed by atoms with E-state index in [0.717, 1.165) is 42.6 Å². The van der Waals surface area contributed by atoms with E-state index in [2.05, 4.69) is 5.32 Å². The van der Waals surface area contributed by atoms with Gasteiger partial charge in [-0.25, -0.2) is 0 Å². The Bertz CT molecular complexity index is 692. The molecule has 152 valence electrons. The second-order valence-corrected chi connectivity index (χ2v) is 10.1. The third-order valence-corrected chi connectivity index (χ3v) is 7.38. The zero-order chi connectivity index (χ0) is 19.9. The largest absolute Gasteiger partial charge is 0.344 e. The first kappa shape index (κ1) is 19.5. The third-order valence-electron chi connectivity index (χ3n) is 7.38. The summed E-state index contributed by atoms with van der Waals surface area (Å²) in [6, 6.07) is 9.57. The average molecular weight is 383 g/mol. The SMILES string of the molecule is CC(C)[C@H](NC(=O)C12CC3CC(CC(C3)C1)C2)C(=O)N(C)Cc1ccccc1. The van der Waals surface area contributed by atoms with Crippen LogP contribution in [0, 0.1) is 29.1 Å². The molecule has 0 aromatic heterocycles. The number of hydrogen-bond donors (Lipinski definition) is 1. The molecule has 2 amide bonds. The molecule has 4 aliphatic carbocycles. The number of nitrogens with one attached hydrogen (secondary N) is 1.